The van der Waals surface area contributed by atoms with Crippen molar-refractivity contribution in [3.63, 3.8) is 0 Å². The van der Waals surface area contributed by atoms with Crippen LogP contribution >= 0.6 is 28.1 Å². The van der Waals surface area contributed by atoms with Crippen LogP contribution < -0.4 is 11.1 Å². The Morgan fingerprint density at radius 3 is 2.20 bits per heavy atom. The molecule has 1 fully saturated rings. The van der Waals surface area contributed by atoms with Crippen LogP contribution in [0.25, 0.3) is 0 Å². The van der Waals surface area contributed by atoms with Crippen LogP contribution in [0.5, 0.6) is 0 Å². The number of carbonyl (C=O) groups is 1. The minimum atomic E-state index is -0.682. The van der Waals surface area contributed by atoms with E-state index in [0.717, 1.165) is 48.7 Å². The molecule has 1 aliphatic rings. The number of rotatable bonds is 3. The molecule has 5 heteroatoms. The van der Waals surface area contributed by atoms with Gasteiger partial charge in [0.05, 0.1) is 10.4 Å². The van der Waals surface area contributed by atoms with Crippen LogP contribution in [0.3, 0.4) is 0 Å². The summed E-state index contributed by atoms with van der Waals surface area (Å²) in [5.41, 5.74) is 6.01. The van der Waals surface area contributed by atoms with E-state index in [1.165, 1.54) is 0 Å². The van der Waals surface area contributed by atoms with Crippen molar-refractivity contribution in [1.29, 1.82) is 0 Å². The number of amides is 1. The molecule has 1 aliphatic carbocycles. The van der Waals surface area contributed by atoms with Crippen molar-refractivity contribution in [1.82, 2.24) is 0 Å². The maximum absolute atomic E-state index is 12.7. The van der Waals surface area contributed by atoms with Crippen LogP contribution in [0.4, 0.5) is 5.69 Å². The zero-order chi connectivity index (χ0) is 14.6. The van der Waals surface area contributed by atoms with Gasteiger partial charge in [0.2, 0.25) is 5.91 Å². The summed E-state index contributed by atoms with van der Waals surface area (Å²) < 4.78 is 0.981. The highest BCUT2D eigenvalue weighted by atomic mass is 79.9. The molecule has 0 spiro atoms. The van der Waals surface area contributed by atoms with Crippen molar-refractivity contribution < 1.29 is 4.79 Å². The number of benzene rings is 1. The van der Waals surface area contributed by atoms with E-state index in [1.54, 1.807) is 0 Å². The molecule has 2 rings (SSSR count). The zero-order valence-electron chi connectivity index (χ0n) is 11.3. The minimum Gasteiger partial charge on any atom is -0.392 e. The Morgan fingerprint density at radius 2 is 1.70 bits per heavy atom. The van der Waals surface area contributed by atoms with E-state index >= 15 is 0 Å². The van der Waals surface area contributed by atoms with Crippen molar-refractivity contribution in [2.75, 3.05) is 5.32 Å². The van der Waals surface area contributed by atoms with Gasteiger partial charge in [-0.05, 0) is 37.1 Å². The third-order valence-corrected chi connectivity index (χ3v) is 4.88. The summed E-state index contributed by atoms with van der Waals surface area (Å²) in [5, 5.41) is 2.96. The molecule has 3 nitrogen and oxygen atoms in total. The van der Waals surface area contributed by atoms with E-state index in [9.17, 15) is 4.79 Å². The molecule has 108 valence electrons. The average molecular weight is 355 g/mol. The van der Waals surface area contributed by atoms with Crippen LogP contribution in [0.2, 0.25) is 0 Å². The van der Waals surface area contributed by atoms with Crippen LogP contribution in [0.15, 0.2) is 28.7 Å². The Hall–Kier alpha value is -0.940. The molecule has 0 unspecified atom stereocenters. The quantitative estimate of drug-likeness (QED) is 0.636. The van der Waals surface area contributed by atoms with Gasteiger partial charge in [-0.25, -0.2) is 0 Å². The number of halogens is 1. The highest BCUT2D eigenvalue weighted by Gasteiger charge is 2.41. The van der Waals surface area contributed by atoms with Crippen LogP contribution in [0, 0.1) is 5.41 Å². The number of carbonyl (C=O) groups excluding carboxylic acids is 1. The number of thiocarbonyl (C=S) groups is 1. The number of anilines is 1. The fourth-order valence-electron chi connectivity index (χ4n) is 2.70. The van der Waals surface area contributed by atoms with Gasteiger partial charge in [-0.15, -0.1) is 0 Å². The number of hydrogen-bond acceptors (Lipinski definition) is 2. The molecule has 1 amide bonds. The highest BCUT2D eigenvalue weighted by Crippen LogP contribution is 2.36. The molecule has 0 aromatic heterocycles. The second kappa shape index (κ2) is 6.68. The molecule has 0 heterocycles. The average Bonchev–Trinajstić information content (AvgIpc) is 2.68. The largest absolute Gasteiger partial charge is 0.392 e. The third-order valence-electron chi connectivity index (χ3n) is 3.97. The van der Waals surface area contributed by atoms with E-state index < -0.39 is 5.41 Å². The Kier molecular flexibility index (Phi) is 5.16. The van der Waals surface area contributed by atoms with Crippen molar-refractivity contribution in [2.45, 2.75) is 38.5 Å². The number of hydrogen-bond donors (Lipinski definition) is 2. The molecule has 1 aromatic carbocycles. The van der Waals surface area contributed by atoms with Crippen molar-refractivity contribution in [2.24, 2.45) is 11.1 Å². The third kappa shape index (κ3) is 3.38. The van der Waals surface area contributed by atoms with Gasteiger partial charge in [-0.3, -0.25) is 4.79 Å². The summed E-state index contributed by atoms with van der Waals surface area (Å²) in [6, 6.07) is 7.53. The lowest BCUT2D eigenvalue weighted by atomic mass is 9.79. The Labute approximate surface area is 133 Å². The van der Waals surface area contributed by atoms with E-state index in [2.05, 4.69) is 21.2 Å². The Bertz CT molecular complexity index is 493. The second-order valence-corrected chi connectivity index (χ2v) is 6.68. The molecular formula is C15H19BrN2OS. The van der Waals surface area contributed by atoms with Gasteiger partial charge in [-0.1, -0.05) is 53.8 Å². The summed E-state index contributed by atoms with van der Waals surface area (Å²) in [4.78, 5) is 13.0. The summed E-state index contributed by atoms with van der Waals surface area (Å²) >= 11 is 8.59. The van der Waals surface area contributed by atoms with Gasteiger partial charge >= 0.3 is 0 Å². The van der Waals surface area contributed by atoms with Crippen LogP contribution in [0.1, 0.15) is 38.5 Å². The maximum atomic E-state index is 12.7. The fourth-order valence-corrected chi connectivity index (χ4v) is 3.26. The van der Waals surface area contributed by atoms with Gasteiger partial charge < -0.3 is 11.1 Å². The number of nitrogens with one attached hydrogen (secondary N) is 1. The lowest BCUT2D eigenvalue weighted by Gasteiger charge is -2.30. The van der Waals surface area contributed by atoms with E-state index in [-0.39, 0.29) is 5.91 Å². The first-order valence-corrected chi connectivity index (χ1v) is 8.12. The van der Waals surface area contributed by atoms with Crippen molar-refractivity contribution in [3.05, 3.63) is 28.7 Å². The topological polar surface area (TPSA) is 55.1 Å². The molecule has 20 heavy (non-hydrogen) atoms. The van der Waals surface area contributed by atoms with E-state index in [1.807, 2.05) is 24.3 Å². The Balaban J connectivity index is 2.18. The molecular weight excluding hydrogens is 336 g/mol. The predicted molar refractivity (Wildman–Crippen MR) is 89.7 cm³/mol. The summed E-state index contributed by atoms with van der Waals surface area (Å²) in [6.45, 7) is 0. The highest BCUT2D eigenvalue weighted by molar-refractivity contribution is 9.10. The summed E-state index contributed by atoms with van der Waals surface area (Å²) in [5.74, 6) is -0.0609. The molecule has 0 atom stereocenters. The normalized spacial score (nSPS) is 18.1. The molecule has 1 saturated carbocycles. The summed E-state index contributed by atoms with van der Waals surface area (Å²) in [6.07, 6.45) is 5.82. The SMILES string of the molecule is NC(=S)C1(C(=O)Nc2ccc(Br)cc2)CCCCCC1. The van der Waals surface area contributed by atoms with Gasteiger partial charge in [-0.2, -0.15) is 0 Å². The molecule has 0 radical (unpaired) electrons. The van der Waals surface area contributed by atoms with Crippen molar-refractivity contribution >= 4 is 44.7 Å². The lowest BCUT2D eigenvalue weighted by molar-refractivity contribution is -0.122. The fraction of sp³-hybridized carbons (Fsp3) is 0.467. The smallest absolute Gasteiger partial charge is 0.237 e. The van der Waals surface area contributed by atoms with Gasteiger partial charge in [0.15, 0.2) is 0 Å². The van der Waals surface area contributed by atoms with E-state index in [4.69, 9.17) is 18.0 Å². The molecule has 0 aliphatic heterocycles. The Morgan fingerprint density at radius 1 is 1.15 bits per heavy atom. The first-order valence-electron chi connectivity index (χ1n) is 6.91. The first kappa shape index (κ1) is 15.4. The van der Waals surface area contributed by atoms with Crippen molar-refractivity contribution in [3.8, 4) is 0 Å². The van der Waals surface area contributed by atoms with Gasteiger partial charge in [0, 0.05) is 10.2 Å². The van der Waals surface area contributed by atoms with Crippen LogP contribution in [-0.4, -0.2) is 10.9 Å². The van der Waals surface area contributed by atoms with Crippen LogP contribution in [-0.2, 0) is 4.79 Å². The van der Waals surface area contributed by atoms with E-state index in [0.29, 0.717) is 4.99 Å². The standard InChI is InChI=1S/C15H19BrN2OS/c16-11-5-7-12(8-6-11)18-14(19)15(13(17)20)9-3-1-2-4-10-15/h5-8H,1-4,9-10H2,(H2,17,20)(H,18,19). The first-order chi connectivity index (χ1) is 9.54. The second-order valence-electron chi connectivity index (χ2n) is 5.32. The summed E-state index contributed by atoms with van der Waals surface area (Å²) in [7, 11) is 0. The lowest BCUT2D eigenvalue weighted by Crippen LogP contribution is -2.45. The van der Waals surface area contributed by atoms with Gasteiger partial charge in [0.1, 0.15) is 0 Å². The molecule has 0 bridgehead atoms. The molecule has 0 saturated heterocycles. The monoisotopic (exact) mass is 354 g/mol. The predicted octanol–water partition coefficient (Wildman–Crippen LogP) is 4.01. The number of nitrogens with two attached hydrogens (primary N) is 1. The maximum Gasteiger partial charge on any atom is 0.237 e. The molecule has 3 N–H and O–H groups in total. The minimum absolute atomic E-state index is 0.0609. The van der Waals surface area contributed by atoms with Gasteiger partial charge in [0.25, 0.3) is 0 Å². The zero-order valence-corrected chi connectivity index (χ0v) is 13.7. The molecule has 1 aromatic rings.